The van der Waals surface area contributed by atoms with Crippen molar-refractivity contribution in [2.45, 2.75) is 174 Å². The molecule has 0 rings (SSSR count). The molecule has 0 fully saturated rings. The lowest BCUT2D eigenvalue weighted by Gasteiger charge is -2.24. The maximum absolute atomic E-state index is 12.7. The molecule has 2 atom stereocenters. The number of hydrogen-bond donors (Lipinski definition) is 1. The molecule has 0 aliphatic carbocycles. The third kappa shape index (κ3) is 39.7. The van der Waals surface area contributed by atoms with Crippen LogP contribution in [0.25, 0.3) is 0 Å². The Labute approximate surface area is 331 Å². The number of allylic oxidation sites excluding steroid dienone is 8. The molecule has 0 saturated heterocycles. The second kappa shape index (κ2) is 36.6. The first-order valence-electron chi connectivity index (χ1n) is 21.4. The smallest absolute Gasteiger partial charge is 0.462 e. The number of rotatable bonds is 38. The first kappa shape index (κ1) is 52.0. The van der Waals surface area contributed by atoms with E-state index in [9.17, 15) is 19.0 Å². The average Bonchev–Trinajstić information content (AvgIpc) is 3.12. The zero-order valence-electron chi connectivity index (χ0n) is 35.2. The van der Waals surface area contributed by atoms with Crippen LogP contribution in [0.15, 0.2) is 48.6 Å². The highest BCUT2D eigenvalue weighted by Crippen LogP contribution is 2.43. The fourth-order valence-corrected chi connectivity index (χ4v) is 6.17. The van der Waals surface area contributed by atoms with Crippen LogP contribution in [-0.2, 0) is 32.7 Å². The summed E-state index contributed by atoms with van der Waals surface area (Å²) in [6.07, 6.45) is 41.5. The number of phosphoric acid groups is 1. The molecule has 1 unspecified atom stereocenters. The van der Waals surface area contributed by atoms with Crippen LogP contribution in [0, 0.1) is 0 Å². The SMILES string of the molecule is CCCCC/C=C\C/C=C\C/C=C\CCCCCCC(=O)O[C@H](COC(=O)CCCCCCC/C=C\CCCCCC)COP(=O)(O)OCC[N+](C)(C)C. The summed E-state index contributed by atoms with van der Waals surface area (Å²) in [5, 5.41) is 0. The van der Waals surface area contributed by atoms with Crippen molar-refractivity contribution in [3.05, 3.63) is 48.6 Å². The molecule has 0 aliphatic rings. The fourth-order valence-electron chi connectivity index (χ4n) is 5.43. The number of quaternary nitrogens is 1. The second-order valence-corrected chi connectivity index (χ2v) is 16.8. The summed E-state index contributed by atoms with van der Waals surface area (Å²) in [6.45, 7) is 4.33. The lowest BCUT2D eigenvalue weighted by atomic mass is 10.1. The van der Waals surface area contributed by atoms with E-state index in [0.29, 0.717) is 17.4 Å². The molecule has 0 heterocycles. The molecule has 54 heavy (non-hydrogen) atoms. The molecule has 0 saturated carbocycles. The normalized spacial score (nSPS) is 14.1. The van der Waals surface area contributed by atoms with E-state index in [0.717, 1.165) is 77.0 Å². The van der Waals surface area contributed by atoms with Crippen LogP contribution in [0.5, 0.6) is 0 Å². The topological polar surface area (TPSA) is 108 Å². The van der Waals surface area contributed by atoms with E-state index >= 15 is 0 Å². The van der Waals surface area contributed by atoms with Crippen LogP contribution in [0.2, 0.25) is 0 Å². The summed E-state index contributed by atoms with van der Waals surface area (Å²) in [5.74, 6) is -0.837. The number of carbonyl (C=O) groups excluding carboxylic acids is 2. The Morgan fingerprint density at radius 2 is 1.00 bits per heavy atom. The molecule has 9 nitrogen and oxygen atoms in total. The molecule has 314 valence electrons. The zero-order valence-corrected chi connectivity index (χ0v) is 36.1. The molecule has 0 bridgehead atoms. The predicted molar refractivity (Wildman–Crippen MR) is 224 cm³/mol. The molecule has 10 heteroatoms. The van der Waals surface area contributed by atoms with E-state index in [4.69, 9.17) is 18.5 Å². The minimum atomic E-state index is -4.38. The standard InChI is InChI=1S/C44H80NO8P/c1-6-8-10-12-14-16-18-20-21-22-23-25-27-29-31-33-35-37-44(47)53-42(41-52-54(48,49)51-39-38-45(3,4)5)40-50-43(46)36-34-32-30-28-26-24-19-17-15-13-11-9-7-2/h14,16-17,19-21,23,25,42H,6-13,15,18,22,24,26-41H2,1-5H3/p+1/b16-14-,19-17-,21-20-,25-23-/t42-/m1/s1. The summed E-state index contributed by atoms with van der Waals surface area (Å²) < 4.78 is 34.2. The summed E-state index contributed by atoms with van der Waals surface area (Å²) in [6, 6.07) is 0. The van der Waals surface area contributed by atoms with Gasteiger partial charge in [0.2, 0.25) is 0 Å². The largest absolute Gasteiger partial charge is 0.472 e. The van der Waals surface area contributed by atoms with Crippen molar-refractivity contribution in [2.24, 2.45) is 0 Å². The Bertz CT molecular complexity index is 1070. The Balaban J connectivity index is 4.45. The summed E-state index contributed by atoms with van der Waals surface area (Å²) in [5.41, 5.74) is 0. The van der Waals surface area contributed by atoms with Gasteiger partial charge in [-0.3, -0.25) is 18.6 Å². The first-order valence-corrected chi connectivity index (χ1v) is 22.9. The highest BCUT2D eigenvalue weighted by molar-refractivity contribution is 7.47. The molecule has 0 aliphatic heterocycles. The van der Waals surface area contributed by atoms with Gasteiger partial charge in [-0.2, -0.15) is 0 Å². The number of unbranched alkanes of at least 4 members (excludes halogenated alkanes) is 16. The maximum Gasteiger partial charge on any atom is 0.472 e. The van der Waals surface area contributed by atoms with Crippen LogP contribution in [0.3, 0.4) is 0 Å². The van der Waals surface area contributed by atoms with Gasteiger partial charge in [0.05, 0.1) is 27.7 Å². The van der Waals surface area contributed by atoms with Gasteiger partial charge in [-0.05, 0) is 77.0 Å². The number of carbonyl (C=O) groups is 2. The lowest BCUT2D eigenvalue weighted by molar-refractivity contribution is -0.870. The van der Waals surface area contributed by atoms with Crippen molar-refractivity contribution < 1.29 is 42.1 Å². The fraction of sp³-hybridized carbons (Fsp3) is 0.773. The van der Waals surface area contributed by atoms with E-state index in [1.807, 2.05) is 21.1 Å². The van der Waals surface area contributed by atoms with Crippen LogP contribution in [-0.4, -0.2) is 74.9 Å². The Kier molecular flexibility index (Phi) is 35.2. The third-order valence-corrected chi connectivity index (χ3v) is 9.82. The summed E-state index contributed by atoms with van der Waals surface area (Å²) in [7, 11) is 1.45. The quantitative estimate of drug-likeness (QED) is 0.0217. The van der Waals surface area contributed by atoms with Crippen LogP contribution in [0.1, 0.15) is 168 Å². The van der Waals surface area contributed by atoms with Crippen molar-refractivity contribution >= 4 is 19.8 Å². The first-order chi connectivity index (χ1) is 26.0. The number of ether oxygens (including phenoxy) is 2. The van der Waals surface area contributed by atoms with Gasteiger partial charge >= 0.3 is 19.8 Å². The minimum Gasteiger partial charge on any atom is -0.462 e. The second-order valence-electron chi connectivity index (χ2n) is 15.4. The molecule has 0 radical (unpaired) electrons. The molecular weight excluding hydrogens is 701 g/mol. The zero-order chi connectivity index (χ0) is 40.0. The molecule has 0 aromatic rings. The van der Waals surface area contributed by atoms with E-state index in [2.05, 4.69) is 62.5 Å². The van der Waals surface area contributed by atoms with E-state index in [1.54, 1.807) is 0 Å². The number of phosphoric ester groups is 1. The summed E-state index contributed by atoms with van der Waals surface area (Å²) >= 11 is 0. The van der Waals surface area contributed by atoms with Gasteiger partial charge in [0.1, 0.15) is 19.8 Å². The Morgan fingerprint density at radius 3 is 1.54 bits per heavy atom. The van der Waals surface area contributed by atoms with E-state index in [-0.39, 0.29) is 32.0 Å². The van der Waals surface area contributed by atoms with E-state index < -0.39 is 26.5 Å². The van der Waals surface area contributed by atoms with Gasteiger partial charge in [-0.1, -0.05) is 127 Å². The van der Waals surface area contributed by atoms with Gasteiger partial charge in [0, 0.05) is 12.8 Å². The molecule has 0 spiro atoms. The van der Waals surface area contributed by atoms with Crippen molar-refractivity contribution in [3.63, 3.8) is 0 Å². The lowest BCUT2D eigenvalue weighted by Crippen LogP contribution is -2.37. The van der Waals surface area contributed by atoms with Gasteiger partial charge in [-0.15, -0.1) is 0 Å². The summed E-state index contributed by atoms with van der Waals surface area (Å²) in [4.78, 5) is 35.3. The number of likely N-dealkylation sites (N-methyl/N-ethyl adjacent to an activating group) is 1. The molecule has 0 amide bonds. The van der Waals surface area contributed by atoms with E-state index in [1.165, 1.54) is 57.8 Å². The van der Waals surface area contributed by atoms with Gasteiger partial charge < -0.3 is 18.9 Å². The number of hydrogen-bond acceptors (Lipinski definition) is 7. The predicted octanol–water partition coefficient (Wildman–Crippen LogP) is 11.9. The number of nitrogens with zero attached hydrogens (tertiary/aromatic N) is 1. The average molecular weight is 783 g/mol. The minimum absolute atomic E-state index is 0.0243. The van der Waals surface area contributed by atoms with Gasteiger partial charge in [0.15, 0.2) is 6.10 Å². The molecule has 0 aromatic carbocycles. The van der Waals surface area contributed by atoms with Gasteiger partial charge in [0.25, 0.3) is 0 Å². The molecule has 1 N–H and O–H groups in total. The van der Waals surface area contributed by atoms with Crippen LogP contribution in [0.4, 0.5) is 0 Å². The van der Waals surface area contributed by atoms with Crippen molar-refractivity contribution in [3.8, 4) is 0 Å². The highest BCUT2D eigenvalue weighted by atomic mass is 31.2. The molecule has 0 aromatic heterocycles. The third-order valence-electron chi connectivity index (χ3n) is 8.83. The number of esters is 2. The highest BCUT2D eigenvalue weighted by Gasteiger charge is 2.27. The Hall–Kier alpha value is -2.03. The van der Waals surface area contributed by atoms with Crippen molar-refractivity contribution in [2.75, 3.05) is 47.5 Å². The maximum atomic E-state index is 12.7. The van der Waals surface area contributed by atoms with Crippen LogP contribution < -0.4 is 0 Å². The van der Waals surface area contributed by atoms with Crippen LogP contribution >= 0.6 is 7.82 Å². The van der Waals surface area contributed by atoms with Crippen molar-refractivity contribution in [1.29, 1.82) is 0 Å². The van der Waals surface area contributed by atoms with Gasteiger partial charge in [-0.25, -0.2) is 4.57 Å². The molecular formula is C44H81NO8P+. The van der Waals surface area contributed by atoms with Crippen molar-refractivity contribution in [1.82, 2.24) is 0 Å². The monoisotopic (exact) mass is 783 g/mol. The Morgan fingerprint density at radius 1 is 0.574 bits per heavy atom.